The zero-order valence-electron chi connectivity index (χ0n) is 10.3. The van der Waals surface area contributed by atoms with Crippen LogP contribution < -0.4 is 5.32 Å². The van der Waals surface area contributed by atoms with E-state index < -0.39 is 0 Å². The second-order valence-electron chi connectivity index (χ2n) is 4.13. The van der Waals surface area contributed by atoms with Crippen molar-refractivity contribution in [3.63, 3.8) is 0 Å². The normalized spacial score (nSPS) is 12.9. The minimum absolute atomic E-state index is 0.0313. The van der Waals surface area contributed by atoms with Gasteiger partial charge in [0.15, 0.2) is 0 Å². The summed E-state index contributed by atoms with van der Waals surface area (Å²) in [5.41, 5.74) is 2.10. The lowest BCUT2D eigenvalue weighted by atomic mass is 10.1. The summed E-state index contributed by atoms with van der Waals surface area (Å²) in [6.07, 6.45) is 2.75. The molecule has 0 aliphatic rings. The van der Waals surface area contributed by atoms with Gasteiger partial charge in [0.05, 0.1) is 21.0 Å². The van der Waals surface area contributed by atoms with Crippen LogP contribution in [0.1, 0.15) is 36.3 Å². The van der Waals surface area contributed by atoms with Crippen molar-refractivity contribution < 1.29 is 4.42 Å². The van der Waals surface area contributed by atoms with Crippen LogP contribution in [0, 0.1) is 6.92 Å². The Morgan fingerprint density at radius 2 is 2.22 bits per heavy atom. The smallest absolute Gasteiger partial charge is 0.128 e. The van der Waals surface area contributed by atoms with Crippen LogP contribution in [0.2, 0.25) is 8.67 Å². The van der Waals surface area contributed by atoms with Gasteiger partial charge in [-0.1, -0.05) is 30.1 Å². The number of halogens is 2. The molecule has 5 heteroatoms. The highest BCUT2D eigenvalue weighted by Crippen LogP contribution is 2.38. The predicted molar refractivity (Wildman–Crippen MR) is 77.9 cm³/mol. The van der Waals surface area contributed by atoms with Crippen LogP contribution in [-0.4, -0.2) is 6.54 Å². The fourth-order valence-electron chi connectivity index (χ4n) is 1.86. The third kappa shape index (κ3) is 2.91. The summed E-state index contributed by atoms with van der Waals surface area (Å²) in [7, 11) is 0. The first kappa shape index (κ1) is 13.9. The summed E-state index contributed by atoms with van der Waals surface area (Å²) >= 11 is 13.6. The first-order valence-corrected chi connectivity index (χ1v) is 7.42. The molecule has 1 atom stereocenters. The maximum Gasteiger partial charge on any atom is 0.128 e. The van der Waals surface area contributed by atoms with E-state index in [0.29, 0.717) is 8.67 Å². The number of nitrogens with one attached hydrogen (secondary N) is 1. The van der Waals surface area contributed by atoms with Gasteiger partial charge in [0, 0.05) is 5.56 Å². The number of aryl methyl sites for hydroxylation is 1. The van der Waals surface area contributed by atoms with Crippen LogP contribution in [0.3, 0.4) is 0 Å². The molecule has 0 aliphatic heterocycles. The third-order valence-electron chi connectivity index (χ3n) is 2.76. The highest BCUT2D eigenvalue weighted by molar-refractivity contribution is 7.20. The Morgan fingerprint density at radius 3 is 2.72 bits per heavy atom. The molecule has 0 bridgehead atoms. The van der Waals surface area contributed by atoms with Crippen molar-refractivity contribution in [2.75, 3.05) is 6.54 Å². The van der Waals surface area contributed by atoms with E-state index in [9.17, 15) is 0 Å². The molecule has 2 aromatic heterocycles. The number of furan rings is 1. The lowest BCUT2D eigenvalue weighted by molar-refractivity contribution is 0.444. The molecule has 0 fully saturated rings. The van der Waals surface area contributed by atoms with Crippen LogP contribution in [0.25, 0.3) is 0 Å². The number of hydrogen-bond acceptors (Lipinski definition) is 3. The second-order valence-corrected chi connectivity index (χ2v) is 6.42. The van der Waals surface area contributed by atoms with Gasteiger partial charge in [-0.15, -0.1) is 11.3 Å². The molecule has 1 N–H and O–H groups in total. The Kier molecular flexibility index (Phi) is 4.73. The molecule has 0 spiro atoms. The van der Waals surface area contributed by atoms with Crippen LogP contribution in [0.5, 0.6) is 0 Å². The molecule has 2 aromatic rings. The van der Waals surface area contributed by atoms with E-state index in [1.165, 1.54) is 11.3 Å². The number of rotatable bonds is 5. The summed E-state index contributed by atoms with van der Waals surface area (Å²) < 4.78 is 6.99. The summed E-state index contributed by atoms with van der Waals surface area (Å²) in [6, 6.07) is 3.83. The summed E-state index contributed by atoms with van der Waals surface area (Å²) in [4.78, 5) is 0. The minimum atomic E-state index is -0.0313. The fourth-order valence-corrected chi connectivity index (χ4v) is 3.39. The Balaban J connectivity index is 2.37. The van der Waals surface area contributed by atoms with Gasteiger partial charge in [0.25, 0.3) is 0 Å². The molecular formula is C13H15Cl2NOS. The van der Waals surface area contributed by atoms with Crippen molar-refractivity contribution >= 4 is 34.5 Å². The molecule has 0 aromatic carbocycles. The van der Waals surface area contributed by atoms with Crippen molar-refractivity contribution in [1.82, 2.24) is 5.32 Å². The maximum atomic E-state index is 6.24. The highest BCUT2D eigenvalue weighted by atomic mass is 35.5. The lowest BCUT2D eigenvalue weighted by Crippen LogP contribution is -2.23. The van der Waals surface area contributed by atoms with E-state index in [1.54, 1.807) is 6.26 Å². The molecule has 1 unspecified atom stereocenters. The molecule has 0 aliphatic carbocycles. The fraction of sp³-hybridized carbons (Fsp3) is 0.385. The number of hydrogen-bond donors (Lipinski definition) is 1. The largest absolute Gasteiger partial charge is 0.467 e. The van der Waals surface area contributed by atoms with Gasteiger partial charge in [-0.25, -0.2) is 0 Å². The van der Waals surface area contributed by atoms with E-state index in [4.69, 9.17) is 27.6 Å². The van der Waals surface area contributed by atoms with Gasteiger partial charge in [-0.2, -0.15) is 0 Å². The molecule has 0 saturated heterocycles. The predicted octanol–water partition coefficient (Wildman–Crippen LogP) is 5.05. The van der Waals surface area contributed by atoms with Gasteiger partial charge >= 0.3 is 0 Å². The zero-order valence-corrected chi connectivity index (χ0v) is 12.6. The van der Waals surface area contributed by atoms with E-state index in [1.807, 2.05) is 19.1 Å². The van der Waals surface area contributed by atoms with Crippen LogP contribution >= 0.6 is 34.5 Å². The minimum Gasteiger partial charge on any atom is -0.467 e. The van der Waals surface area contributed by atoms with Crippen LogP contribution in [0.15, 0.2) is 22.8 Å². The summed E-state index contributed by atoms with van der Waals surface area (Å²) in [5, 5.41) is 3.45. The first-order valence-electron chi connectivity index (χ1n) is 5.85. The molecule has 2 heterocycles. The number of thiophene rings is 1. The van der Waals surface area contributed by atoms with Gasteiger partial charge in [-0.05, 0) is 37.6 Å². The Morgan fingerprint density at radius 1 is 1.44 bits per heavy atom. The highest BCUT2D eigenvalue weighted by Gasteiger charge is 2.23. The molecule has 98 valence electrons. The van der Waals surface area contributed by atoms with Gasteiger partial charge < -0.3 is 9.73 Å². The monoisotopic (exact) mass is 303 g/mol. The van der Waals surface area contributed by atoms with Crippen molar-refractivity contribution in [2.24, 2.45) is 0 Å². The SMILES string of the molecule is CCCNC(c1cc(Cl)sc1Cl)c1occc1C. The van der Waals surface area contributed by atoms with E-state index in [-0.39, 0.29) is 6.04 Å². The standard InChI is InChI=1S/C13H15Cl2NOS/c1-3-5-16-11(12-8(2)4-6-17-12)9-7-10(14)18-13(9)15/h4,6-7,11,16H,3,5H2,1-2H3. The second kappa shape index (κ2) is 6.11. The van der Waals surface area contributed by atoms with Gasteiger partial charge in [0.2, 0.25) is 0 Å². The Hall–Kier alpha value is -0.480. The molecule has 2 rings (SSSR count). The van der Waals surface area contributed by atoms with Crippen molar-refractivity contribution in [3.8, 4) is 0 Å². The zero-order chi connectivity index (χ0) is 13.1. The molecule has 18 heavy (non-hydrogen) atoms. The van der Waals surface area contributed by atoms with E-state index >= 15 is 0 Å². The summed E-state index contributed by atoms with van der Waals surface area (Å²) in [6.45, 7) is 5.05. The van der Waals surface area contributed by atoms with Crippen molar-refractivity contribution in [2.45, 2.75) is 26.3 Å². The molecule has 0 radical (unpaired) electrons. The summed E-state index contributed by atoms with van der Waals surface area (Å²) in [5.74, 6) is 0.903. The molecule has 2 nitrogen and oxygen atoms in total. The Bertz CT molecular complexity index is 521. The Labute approximate surface area is 121 Å². The third-order valence-corrected chi connectivity index (χ3v) is 4.27. The molecule has 0 saturated carbocycles. The molecule has 0 amide bonds. The lowest BCUT2D eigenvalue weighted by Gasteiger charge is -2.16. The van der Waals surface area contributed by atoms with Crippen LogP contribution in [-0.2, 0) is 0 Å². The van der Waals surface area contributed by atoms with E-state index in [2.05, 4.69) is 12.2 Å². The molecular weight excluding hydrogens is 289 g/mol. The van der Waals surface area contributed by atoms with Gasteiger partial charge in [0.1, 0.15) is 5.76 Å². The first-order chi connectivity index (χ1) is 8.63. The van der Waals surface area contributed by atoms with Crippen molar-refractivity contribution in [3.05, 3.63) is 44.0 Å². The van der Waals surface area contributed by atoms with Gasteiger partial charge in [-0.3, -0.25) is 0 Å². The van der Waals surface area contributed by atoms with Crippen LogP contribution in [0.4, 0.5) is 0 Å². The topological polar surface area (TPSA) is 25.2 Å². The average molecular weight is 304 g/mol. The maximum absolute atomic E-state index is 6.24. The average Bonchev–Trinajstić information content (AvgIpc) is 2.87. The van der Waals surface area contributed by atoms with E-state index in [0.717, 1.165) is 29.9 Å². The quantitative estimate of drug-likeness (QED) is 0.836. The van der Waals surface area contributed by atoms with Crippen molar-refractivity contribution in [1.29, 1.82) is 0 Å².